The van der Waals surface area contributed by atoms with Crippen molar-refractivity contribution in [1.82, 2.24) is 14.9 Å². The molecule has 7 nitrogen and oxygen atoms in total. The van der Waals surface area contributed by atoms with Crippen LogP contribution in [-0.4, -0.2) is 32.6 Å². The summed E-state index contributed by atoms with van der Waals surface area (Å²) in [5.41, 5.74) is 4.68. The highest BCUT2D eigenvalue weighted by Crippen LogP contribution is 2.38. The number of nitrogens with one attached hydrogen (secondary N) is 2. The molecule has 0 unspecified atom stereocenters. The second kappa shape index (κ2) is 7.71. The number of fused-ring (bicyclic) bond motifs is 1. The minimum absolute atomic E-state index is 0.286. The van der Waals surface area contributed by atoms with Crippen LogP contribution in [0.15, 0.2) is 12.7 Å². The number of thiocarbonyl (C=S) groups is 1. The van der Waals surface area contributed by atoms with E-state index in [1.165, 1.54) is 28.6 Å². The third-order valence-electron chi connectivity index (χ3n) is 3.78. The molecule has 0 aliphatic heterocycles. The Bertz CT molecular complexity index is 727. The molecule has 1 aliphatic rings. The fourth-order valence-electron chi connectivity index (χ4n) is 2.76. The molecular formula is C15H19N5O2S2. The SMILES string of the molecule is CCOC(=O)c1c(NC(=S)Nn2cnnc2)sc2c1CCCCC2. The first kappa shape index (κ1) is 16.8. The second-order valence-corrected chi connectivity index (χ2v) is 6.94. The van der Waals surface area contributed by atoms with Crippen molar-refractivity contribution in [3.8, 4) is 0 Å². The Morgan fingerprint density at radius 3 is 2.83 bits per heavy atom. The zero-order valence-electron chi connectivity index (χ0n) is 13.4. The molecule has 2 heterocycles. The summed E-state index contributed by atoms with van der Waals surface area (Å²) in [5, 5.41) is 11.7. The zero-order valence-corrected chi connectivity index (χ0v) is 15.0. The Labute approximate surface area is 149 Å². The molecule has 3 rings (SSSR count). The van der Waals surface area contributed by atoms with Crippen LogP contribution in [0.2, 0.25) is 0 Å². The molecule has 24 heavy (non-hydrogen) atoms. The first-order chi connectivity index (χ1) is 11.7. The van der Waals surface area contributed by atoms with E-state index in [0.717, 1.165) is 36.2 Å². The number of esters is 1. The molecule has 9 heteroatoms. The van der Waals surface area contributed by atoms with Gasteiger partial charge in [0.1, 0.15) is 17.7 Å². The van der Waals surface area contributed by atoms with Gasteiger partial charge in [0.15, 0.2) is 5.11 Å². The number of anilines is 1. The molecule has 2 N–H and O–H groups in total. The minimum Gasteiger partial charge on any atom is -0.462 e. The van der Waals surface area contributed by atoms with Crippen molar-refractivity contribution in [2.24, 2.45) is 0 Å². The first-order valence-corrected chi connectivity index (χ1v) is 9.15. The minimum atomic E-state index is -0.286. The van der Waals surface area contributed by atoms with E-state index in [-0.39, 0.29) is 5.97 Å². The number of hydrogen-bond acceptors (Lipinski definition) is 6. The largest absolute Gasteiger partial charge is 0.462 e. The quantitative estimate of drug-likeness (QED) is 0.490. The number of rotatable bonds is 4. The van der Waals surface area contributed by atoms with Gasteiger partial charge >= 0.3 is 5.97 Å². The summed E-state index contributed by atoms with van der Waals surface area (Å²) in [5.74, 6) is -0.286. The summed E-state index contributed by atoms with van der Waals surface area (Å²) in [6, 6.07) is 0. The molecule has 0 saturated heterocycles. The van der Waals surface area contributed by atoms with Crippen molar-refractivity contribution >= 4 is 39.6 Å². The van der Waals surface area contributed by atoms with E-state index in [2.05, 4.69) is 20.9 Å². The van der Waals surface area contributed by atoms with Crippen LogP contribution in [0.4, 0.5) is 5.00 Å². The molecule has 2 aromatic heterocycles. The number of aryl methyl sites for hydroxylation is 1. The monoisotopic (exact) mass is 365 g/mol. The topological polar surface area (TPSA) is 81.1 Å². The molecule has 0 radical (unpaired) electrons. The van der Waals surface area contributed by atoms with Gasteiger partial charge in [0.05, 0.1) is 12.2 Å². The van der Waals surface area contributed by atoms with Gasteiger partial charge in [-0.1, -0.05) is 6.42 Å². The maximum atomic E-state index is 12.5. The summed E-state index contributed by atoms with van der Waals surface area (Å²) in [6.07, 6.45) is 8.36. The van der Waals surface area contributed by atoms with Crippen LogP contribution < -0.4 is 10.7 Å². The smallest absolute Gasteiger partial charge is 0.341 e. The van der Waals surface area contributed by atoms with Gasteiger partial charge in [-0.3, -0.25) is 5.43 Å². The number of hydrogen-bond donors (Lipinski definition) is 2. The lowest BCUT2D eigenvalue weighted by atomic mass is 10.1. The molecule has 0 fully saturated rings. The predicted molar refractivity (Wildman–Crippen MR) is 97.1 cm³/mol. The first-order valence-electron chi connectivity index (χ1n) is 7.93. The summed E-state index contributed by atoms with van der Waals surface area (Å²) in [6.45, 7) is 2.17. The van der Waals surface area contributed by atoms with Crippen molar-refractivity contribution in [2.45, 2.75) is 39.0 Å². The van der Waals surface area contributed by atoms with Crippen LogP contribution in [0.5, 0.6) is 0 Å². The molecule has 0 spiro atoms. The molecule has 0 atom stereocenters. The average molecular weight is 365 g/mol. The van der Waals surface area contributed by atoms with Crippen molar-refractivity contribution in [1.29, 1.82) is 0 Å². The van der Waals surface area contributed by atoms with Crippen LogP contribution in [0, 0.1) is 0 Å². The summed E-state index contributed by atoms with van der Waals surface area (Å²) in [4.78, 5) is 13.7. The summed E-state index contributed by atoms with van der Waals surface area (Å²) >= 11 is 6.91. The van der Waals surface area contributed by atoms with Crippen LogP contribution >= 0.6 is 23.6 Å². The molecule has 0 amide bonds. The lowest BCUT2D eigenvalue weighted by Gasteiger charge is -2.11. The Morgan fingerprint density at radius 1 is 1.33 bits per heavy atom. The van der Waals surface area contributed by atoms with Gasteiger partial charge in [-0.25, -0.2) is 9.47 Å². The van der Waals surface area contributed by atoms with Gasteiger partial charge in [-0.2, -0.15) is 0 Å². The van der Waals surface area contributed by atoms with Gasteiger partial charge in [-0.15, -0.1) is 21.5 Å². The molecule has 2 aromatic rings. The van der Waals surface area contributed by atoms with E-state index in [4.69, 9.17) is 17.0 Å². The molecule has 0 saturated carbocycles. The Balaban J connectivity index is 1.85. The highest BCUT2D eigenvalue weighted by atomic mass is 32.1. The third kappa shape index (κ3) is 3.73. The van der Waals surface area contributed by atoms with Crippen LogP contribution in [0.3, 0.4) is 0 Å². The van der Waals surface area contributed by atoms with Crippen molar-refractivity contribution in [2.75, 3.05) is 17.3 Å². The van der Waals surface area contributed by atoms with E-state index < -0.39 is 0 Å². The van der Waals surface area contributed by atoms with Gasteiger partial charge in [-0.05, 0) is 50.4 Å². The van der Waals surface area contributed by atoms with Gasteiger partial charge in [0, 0.05) is 4.88 Å². The molecule has 128 valence electrons. The van der Waals surface area contributed by atoms with Crippen LogP contribution in [0.1, 0.15) is 47.0 Å². The van der Waals surface area contributed by atoms with Gasteiger partial charge in [0.2, 0.25) is 0 Å². The molecule has 1 aliphatic carbocycles. The number of carbonyl (C=O) groups is 1. The molecule has 0 aromatic carbocycles. The zero-order chi connectivity index (χ0) is 16.9. The maximum Gasteiger partial charge on any atom is 0.341 e. The van der Waals surface area contributed by atoms with Gasteiger partial charge in [0.25, 0.3) is 0 Å². The number of ether oxygens (including phenoxy) is 1. The lowest BCUT2D eigenvalue weighted by Crippen LogP contribution is -2.27. The predicted octanol–water partition coefficient (Wildman–Crippen LogP) is 2.73. The van der Waals surface area contributed by atoms with Crippen molar-refractivity contribution in [3.63, 3.8) is 0 Å². The van der Waals surface area contributed by atoms with E-state index in [0.29, 0.717) is 17.3 Å². The fourth-order valence-corrected chi connectivity index (χ4v) is 4.31. The standard InChI is InChI=1S/C15H19N5O2S2/c1-2-22-14(21)12-10-6-4-3-5-7-11(10)24-13(12)18-15(23)19-20-8-16-17-9-20/h8-9H,2-7H2,1H3,(H2,18,19,23). The van der Waals surface area contributed by atoms with Crippen LogP contribution in [0.25, 0.3) is 0 Å². The lowest BCUT2D eigenvalue weighted by molar-refractivity contribution is 0.0527. The Hall–Kier alpha value is -2.00. The number of thiophene rings is 1. The Morgan fingerprint density at radius 2 is 2.08 bits per heavy atom. The maximum absolute atomic E-state index is 12.5. The number of nitrogens with zero attached hydrogens (tertiary/aromatic N) is 3. The average Bonchev–Trinajstić information content (AvgIpc) is 3.10. The number of carbonyl (C=O) groups excluding carboxylic acids is 1. The van der Waals surface area contributed by atoms with Crippen molar-refractivity contribution < 1.29 is 9.53 Å². The molecule has 0 bridgehead atoms. The van der Waals surface area contributed by atoms with Gasteiger partial charge < -0.3 is 10.1 Å². The summed E-state index contributed by atoms with van der Waals surface area (Å²) in [7, 11) is 0. The van der Waals surface area contributed by atoms with E-state index in [9.17, 15) is 4.79 Å². The van der Waals surface area contributed by atoms with Crippen molar-refractivity contribution in [3.05, 3.63) is 28.7 Å². The third-order valence-corrected chi connectivity index (χ3v) is 5.18. The van der Waals surface area contributed by atoms with E-state index in [1.54, 1.807) is 11.3 Å². The van der Waals surface area contributed by atoms with E-state index in [1.807, 2.05) is 6.92 Å². The highest BCUT2D eigenvalue weighted by molar-refractivity contribution is 7.80. The normalized spacial score (nSPS) is 13.7. The fraction of sp³-hybridized carbons (Fsp3) is 0.467. The Kier molecular flexibility index (Phi) is 5.41. The molecular weight excluding hydrogens is 346 g/mol. The van der Waals surface area contributed by atoms with Crippen LogP contribution in [-0.2, 0) is 17.6 Å². The number of aromatic nitrogens is 3. The summed E-state index contributed by atoms with van der Waals surface area (Å²) < 4.78 is 6.80. The second-order valence-electron chi connectivity index (χ2n) is 5.42. The highest BCUT2D eigenvalue weighted by Gasteiger charge is 2.26. The van der Waals surface area contributed by atoms with E-state index >= 15 is 0 Å².